The van der Waals surface area contributed by atoms with Gasteiger partial charge in [0.2, 0.25) is 0 Å². The van der Waals surface area contributed by atoms with Crippen LogP contribution in [0.25, 0.3) is 5.57 Å². The highest BCUT2D eigenvalue weighted by molar-refractivity contribution is 6.35. The van der Waals surface area contributed by atoms with Crippen molar-refractivity contribution in [3.63, 3.8) is 0 Å². The van der Waals surface area contributed by atoms with Gasteiger partial charge in [-0.2, -0.15) is 0 Å². The monoisotopic (exact) mass is 400 g/mol. The molecule has 3 rings (SSSR count). The van der Waals surface area contributed by atoms with Crippen LogP contribution in [-0.2, 0) is 14.3 Å². The molecule has 1 aromatic rings. The third-order valence-electron chi connectivity index (χ3n) is 5.13. The van der Waals surface area contributed by atoms with E-state index in [9.17, 15) is 9.59 Å². The van der Waals surface area contributed by atoms with Gasteiger partial charge in [-0.3, -0.25) is 14.5 Å². The predicted molar refractivity (Wildman–Crippen MR) is 112 cm³/mol. The lowest BCUT2D eigenvalue weighted by atomic mass is 10.0. The molecule has 0 radical (unpaired) electrons. The number of rotatable bonds is 7. The summed E-state index contributed by atoms with van der Waals surface area (Å²) in [5, 5.41) is 0. The molecular formula is C23H32N2O4. The van der Waals surface area contributed by atoms with Crippen LogP contribution in [0, 0.1) is 0 Å². The van der Waals surface area contributed by atoms with Crippen LogP contribution < -0.4 is 4.74 Å². The summed E-state index contributed by atoms with van der Waals surface area (Å²) in [6.45, 7) is 11.6. The van der Waals surface area contributed by atoms with Crippen molar-refractivity contribution in [1.29, 1.82) is 0 Å². The average molecular weight is 401 g/mol. The van der Waals surface area contributed by atoms with E-state index in [1.54, 1.807) is 0 Å². The van der Waals surface area contributed by atoms with Gasteiger partial charge in [-0.1, -0.05) is 25.5 Å². The van der Waals surface area contributed by atoms with E-state index in [4.69, 9.17) is 9.47 Å². The van der Waals surface area contributed by atoms with Crippen molar-refractivity contribution in [2.75, 3.05) is 19.6 Å². The molecule has 6 nitrogen and oxygen atoms in total. The van der Waals surface area contributed by atoms with Gasteiger partial charge in [-0.05, 0) is 51.8 Å². The minimum Gasteiger partial charge on any atom is -0.491 e. The highest BCUT2D eigenvalue weighted by atomic mass is 16.5. The van der Waals surface area contributed by atoms with Crippen molar-refractivity contribution in [2.45, 2.75) is 65.8 Å². The highest BCUT2D eigenvalue weighted by Gasteiger charge is 2.42. The second kappa shape index (κ2) is 8.99. The van der Waals surface area contributed by atoms with Crippen LogP contribution in [0.1, 0.15) is 53.0 Å². The number of benzene rings is 1. The summed E-state index contributed by atoms with van der Waals surface area (Å²) in [4.78, 5) is 30.0. The number of carbonyl (C=O) groups is 2. The maximum atomic E-state index is 13.3. The zero-order valence-electron chi connectivity index (χ0n) is 18.1. The molecule has 2 aliphatic heterocycles. The first kappa shape index (κ1) is 21.4. The molecule has 2 aliphatic rings. The number of nitrogens with zero attached hydrogens (tertiary/aromatic N) is 2. The van der Waals surface area contributed by atoms with Crippen LogP contribution in [0.4, 0.5) is 0 Å². The van der Waals surface area contributed by atoms with E-state index >= 15 is 0 Å². The summed E-state index contributed by atoms with van der Waals surface area (Å²) in [7, 11) is 0. The number of hydrogen-bond acceptors (Lipinski definition) is 5. The lowest BCUT2D eigenvalue weighted by Gasteiger charge is -2.37. The molecule has 0 aliphatic carbocycles. The molecule has 0 N–H and O–H groups in total. The normalized spacial score (nSPS) is 22.8. The quantitative estimate of drug-likeness (QED) is 0.656. The number of imide groups is 1. The van der Waals surface area contributed by atoms with Gasteiger partial charge in [0, 0.05) is 19.6 Å². The molecule has 6 heteroatoms. The first-order valence-corrected chi connectivity index (χ1v) is 10.6. The van der Waals surface area contributed by atoms with Crippen molar-refractivity contribution in [3.8, 4) is 5.75 Å². The number of carbonyl (C=O) groups excluding carboxylic acids is 2. The van der Waals surface area contributed by atoms with Gasteiger partial charge in [0.25, 0.3) is 11.8 Å². The molecule has 158 valence electrons. The second-order valence-electron chi connectivity index (χ2n) is 8.19. The third-order valence-corrected chi connectivity index (χ3v) is 5.13. The number of hydrogen-bond donors (Lipinski definition) is 0. The molecule has 1 fully saturated rings. The number of amides is 2. The largest absolute Gasteiger partial charge is 0.491 e. The summed E-state index contributed by atoms with van der Waals surface area (Å²) >= 11 is 0. The maximum absolute atomic E-state index is 13.3. The number of unbranched alkanes of at least 4 members (excludes halogenated alkanes) is 1. The van der Waals surface area contributed by atoms with Crippen LogP contribution in [0.15, 0.2) is 30.0 Å². The Morgan fingerprint density at radius 1 is 1.07 bits per heavy atom. The summed E-state index contributed by atoms with van der Waals surface area (Å²) in [5.41, 5.74) is 1.74. The molecule has 0 saturated carbocycles. The zero-order chi connectivity index (χ0) is 21.1. The van der Waals surface area contributed by atoms with E-state index in [0.29, 0.717) is 30.9 Å². The Morgan fingerprint density at radius 3 is 2.24 bits per heavy atom. The minimum absolute atomic E-state index is 0.00177. The Hall–Kier alpha value is -2.34. The Labute approximate surface area is 173 Å². The maximum Gasteiger partial charge on any atom is 0.277 e. The highest BCUT2D eigenvalue weighted by Crippen LogP contribution is 2.34. The topological polar surface area (TPSA) is 59.1 Å². The van der Waals surface area contributed by atoms with Crippen molar-refractivity contribution in [1.82, 2.24) is 9.80 Å². The predicted octanol–water partition coefficient (Wildman–Crippen LogP) is 3.46. The Balaban J connectivity index is 2.00. The van der Waals surface area contributed by atoms with Crippen LogP contribution in [0.3, 0.4) is 0 Å². The van der Waals surface area contributed by atoms with Crippen LogP contribution in [-0.4, -0.2) is 59.6 Å². The second-order valence-corrected chi connectivity index (χ2v) is 8.19. The van der Waals surface area contributed by atoms with E-state index in [0.717, 1.165) is 24.2 Å². The van der Waals surface area contributed by atoms with Crippen LogP contribution in [0.5, 0.6) is 5.75 Å². The van der Waals surface area contributed by atoms with Crippen molar-refractivity contribution in [3.05, 3.63) is 35.5 Å². The summed E-state index contributed by atoms with van der Waals surface area (Å²) in [6.07, 6.45) is 1.80. The molecule has 2 unspecified atom stereocenters. The van der Waals surface area contributed by atoms with E-state index in [1.165, 1.54) is 4.90 Å². The molecule has 29 heavy (non-hydrogen) atoms. The van der Waals surface area contributed by atoms with Gasteiger partial charge in [-0.25, -0.2) is 0 Å². The molecule has 2 atom stereocenters. The summed E-state index contributed by atoms with van der Waals surface area (Å²) in [6, 6.07) is 7.46. The molecule has 1 aromatic carbocycles. The lowest BCUT2D eigenvalue weighted by molar-refractivity contribution is -0.138. The standard InChI is InChI=1S/C23H32N2O4/c1-6-7-12-25-22(26)20(18-8-10-19(11-9-18)28-15(2)3)21(23(25)27)24-13-16(4)29-17(5)14-24/h8-11,15-17H,6-7,12-14H2,1-5H3. The molecule has 0 aromatic heterocycles. The van der Waals surface area contributed by atoms with Gasteiger partial charge < -0.3 is 14.4 Å². The van der Waals surface area contributed by atoms with Crippen LogP contribution >= 0.6 is 0 Å². The first-order chi connectivity index (χ1) is 13.8. The van der Waals surface area contributed by atoms with Gasteiger partial charge in [0.1, 0.15) is 11.4 Å². The number of morpholine rings is 1. The molecule has 0 bridgehead atoms. The fourth-order valence-corrected chi connectivity index (χ4v) is 3.97. The van der Waals surface area contributed by atoms with Gasteiger partial charge in [0.05, 0.1) is 23.9 Å². The Morgan fingerprint density at radius 2 is 1.69 bits per heavy atom. The van der Waals surface area contributed by atoms with Gasteiger partial charge >= 0.3 is 0 Å². The van der Waals surface area contributed by atoms with Crippen molar-refractivity contribution < 1.29 is 19.1 Å². The molecule has 1 saturated heterocycles. The zero-order valence-corrected chi connectivity index (χ0v) is 18.1. The van der Waals surface area contributed by atoms with Crippen molar-refractivity contribution >= 4 is 17.4 Å². The summed E-state index contributed by atoms with van der Waals surface area (Å²) < 4.78 is 11.6. The fraction of sp³-hybridized carbons (Fsp3) is 0.565. The van der Waals surface area contributed by atoms with Crippen LogP contribution in [0.2, 0.25) is 0 Å². The van der Waals surface area contributed by atoms with E-state index in [2.05, 4.69) is 6.92 Å². The Bertz CT molecular complexity index is 775. The van der Waals surface area contributed by atoms with Gasteiger partial charge in [0.15, 0.2) is 0 Å². The molecule has 2 heterocycles. The van der Waals surface area contributed by atoms with E-state index in [1.807, 2.05) is 56.9 Å². The fourth-order valence-electron chi connectivity index (χ4n) is 3.97. The SMILES string of the molecule is CCCCN1C(=O)C(c2ccc(OC(C)C)cc2)=C(N2CC(C)OC(C)C2)C1=O. The lowest BCUT2D eigenvalue weighted by Crippen LogP contribution is -2.47. The smallest absolute Gasteiger partial charge is 0.277 e. The average Bonchev–Trinajstić information content (AvgIpc) is 2.89. The van der Waals surface area contributed by atoms with Gasteiger partial charge in [-0.15, -0.1) is 0 Å². The molecule has 0 spiro atoms. The number of ether oxygens (including phenoxy) is 2. The third kappa shape index (κ3) is 4.64. The molecular weight excluding hydrogens is 368 g/mol. The Kier molecular flexibility index (Phi) is 6.63. The molecule has 2 amide bonds. The summed E-state index contributed by atoms with van der Waals surface area (Å²) in [5.74, 6) is 0.351. The van der Waals surface area contributed by atoms with E-state index < -0.39 is 0 Å². The van der Waals surface area contributed by atoms with Crippen molar-refractivity contribution in [2.24, 2.45) is 0 Å². The van der Waals surface area contributed by atoms with E-state index in [-0.39, 0.29) is 30.1 Å². The first-order valence-electron chi connectivity index (χ1n) is 10.6. The minimum atomic E-state index is -0.206.